The Balaban J connectivity index is 1.60. The summed E-state index contributed by atoms with van der Waals surface area (Å²) in [5.41, 5.74) is -1.92. The maximum Gasteiger partial charge on any atom is 0.432 e. The van der Waals surface area contributed by atoms with Gasteiger partial charge in [-0.1, -0.05) is 24.3 Å². The molecule has 0 aliphatic carbocycles. The molecule has 1 amide bonds. The zero-order valence-electron chi connectivity index (χ0n) is 17.7. The summed E-state index contributed by atoms with van der Waals surface area (Å²) in [6, 6.07) is 14.9. The average molecular weight is 482 g/mol. The zero-order valence-corrected chi connectivity index (χ0v) is 17.7. The van der Waals surface area contributed by atoms with Crippen molar-refractivity contribution in [2.24, 2.45) is 0 Å². The second kappa shape index (κ2) is 9.55. The molecule has 0 spiro atoms. The van der Waals surface area contributed by atoms with Crippen LogP contribution >= 0.6 is 0 Å². The molecule has 2 heterocycles. The first-order valence-electron chi connectivity index (χ1n) is 10.0. The van der Waals surface area contributed by atoms with Crippen molar-refractivity contribution < 1.29 is 22.7 Å². The lowest BCUT2D eigenvalue weighted by molar-refractivity contribution is -0.114. The van der Waals surface area contributed by atoms with Crippen LogP contribution < -0.4 is 21.1 Å². The lowest BCUT2D eigenvalue weighted by Gasteiger charge is -2.17. The third kappa shape index (κ3) is 5.38. The number of amides is 1. The highest BCUT2D eigenvalue weighted by molar-refractivity contribution is 6.18. The van der Waals surface area contributed by atoms with E-state index in [0.29, 0.717) is 11.7 Å². The van der Waals surface area contributed by atoms with Crippen LogP contribution in [-0.4, -0.2) is 33.3 Å². The van der Waals surface area contributed by atoms with Gasteiger partial charge in [-0.3, -0.25) is 9.78 Å². The third-order valence-corrected chi connectivity index (χ3v) is 4.69. The first kappa shape index (κ1) is 23.3. The molecule has 0 radical (unpaired) electrons. The molecule has 12 heteroatoms. The van der Waals surface area contributed by atoms with Crippen molar-refractivity contribution in [3.63, 3.8) is 0 Å². The number of nitrogens with one attached hydrogen (secondary N) is 5. The number of hydrogen-bond acceptors (Lipinski definition) is 6. The van der Waals surface area contributed by atoms with Gasteiger partial charge in [-0.25, -0.2) is 9.78 Å². The van der Waals surface area contributed by atoms with E-state index in [9.17, 15) is 22.8 Å². The molecule has 178 valence electrons. The lowest BCUT2D eigenvalue weighted by atomic mass is 10.1. The van der Waals surface area contributed by atoms with Gasteiger partial charge in [0.25, 0.3) is 5.91 Å². The minimum absolute atomic E-state index is 0.105. The molecule has 0 bridgehead atoms. The number of imidazole rings is 1. The molecule has 35 heavy (non-hydrogen) atoms. The highest BCUT2D eigenvalue weighted by Gasteiger charge is 2.38. The standard InChI is InChI=1S/C23H17F3N6O3/c24-23(25,26)19(29-13-5-2-1-3-6-13)16(12-27)21(33)30-14-7-4-8-15(11-14)35-17-9-10-28-20-18(17)31-22(34)32-20/h1-12,27,29H,(H,30,33)(H2,28,31,32,34)/b19-16+,27-12?. The van der Waals surface area contributed by atoms with E-state index in [4.69, 9.17) is 10.1 Å². The number of para-hydroxylation sites is 1. The summed E-state index contributed by atoms with van der Waals surface area (Å²) in [4.78, 5) is 33.3. The number of ether oxygens (including phenoxy) is 1. The van der Waals surface area contributed by atoms with Crippen molar-refractivity contribution in [2.75, 3.05) is 10.6 Å². The number of H-pyrrole nitrogens is 2. The van der Waals surface area contributed by atoms with Gasteiger partial charge in [0.05, 0.1) is 5.57 Å². The van der Waals surface area contributed by atoms with E-state index in [1.165, 1.54) is 54.7 Å². The second-order valence-corrected chi connectivity index (χ2v) is 7.12. The van der Waals surface area contributed by atoms with Crippen LogP contribution in [0.15, 0.2) is 82.9 Å². The number of rotatable bonds is 7. The van der Waals surface area contributed by atoms with Crippen molar-refractivity contribution in [1.29, 1.82) is 5.41 Å². The largest absolute Gasteiger partial charge is 0.455 e. The van der Waals surface area contributed by atoms with Crippen molar-refractivity contribution in [2.45, 2.75) is 6.18 Å². The minimum Gasteiger partial charge on any atom is -0.455 e. The topological polar surface area (TPSA) is 136 Å². The number of hydrogen-bond donors (Lipinski definition) is 5. The number of anilines is 2. The number of nitrogens with zero attached hydrogens (tertiary/aromatic N) is 1. The summed E-state index contributed by atoms with van der Waals surface area (Å²) < 4.78 is 46.9. The van der Waals surface area contributed by atoms with Gasteiger partial charge >= 0.3 is 11.9 Å². The summed E-state index contributed by atoms with van der Waals surface area (Å²) in [6.45, 7) is 0. The molecule has 0 atom stereocenters. The normalized spacial score (nSPS) is 12.1. The fourth-order valence-electron chi connectivity index (χ4n) is 3.17. The Morgan fingerprint density at radius 3 is 2.46 bits per heavy atom. The van der Waals surface area contributed by atoms with Crippen LogP contribution in [0.2, 0.25) is 0 Å². The molecule has 0 fully saturated rings. The first-order chi connectivity index (χ1) is 16.7. The molecule has 9 nitrogen and oxygen atoms in total. The molecule has 2 aromatic heterocycles. The van der Waals surface area contributed by atoms with Crippen LogP contribution in [0.4, 0.5) is 24.5 Å². The average Bonchev–Trinajstić information content (AvgIpc) is 3.20. The molecular weight excluding hydrogens is 465 g/mol. The Labute approximate surface area is 195 Å². The monoisotopic (exact) mass is 482 g/mol. The molecule has 2 aromatic carbocycles. The Kier molecular flexibility index (Phi) is 6.36. The number of benzene rings is 2. The Morgan fingerprint density at radius 2 is 1.74 bits per heavy atom. The number of fused-ring (bicyclic) bond motifs is 1. The maximum absolute atomic E-state index is 13.7. The van der Waals surface area contributed by atoms with Crippen LogP contribution in [-0.2, 0) is 4.79 Å². The van der Waals surface area contributed by atoms with Crippen molar-refractivity contribution in [3.8, 4) is 11.5 Å². The van der Waals surface area contributed by atoms with Gasteiger partial charge in [0.1, 0.15) is 17.0 Å². The van der Waals surface area contributed by atoms with Crippen molar-refractivity contribution >= 4 is 34.7 Å². The summed E-state index contributed by atoms with van der Waals surface area (Å²) in [7, 11) is 0. The number of carbonyl (C=O) groups is 1. The molecule has 4 rings (SSSR count). The zero-order chi connectivity index (χ0) is 25.0. The predicted octanol–water partition coefficient (Wildman–Crippen LogP) is 4.56. The number of halogens is 3. The number of aromatic amines is 2. The summed E-state index contributed by atoms with van der Waals surface area (Å²) in [6.07, 6.45) is -3.16. The molecule has 0 aliphatic rings. The third-order valence-electron chi connectivity index (χ3n) is 4.69. The van der Waals surface area contributed by atoms with Gasteiger partial charge < -0.3 is 25.8 Å². The molecule has 5 N–H and O–H groups in total. The van der Waals surface area contributed by atoms with Gasteiger partial charge in [0.2, 0.25) is 0 Å². The molecule has 0 aliphatic heterocycles. The van der Waals surface area contributed by atoms with Gasteiger partial charge in [-0.05, 0) is 24.3 Å². The van der Waals surface area contributed by atoms with E-state index < -0.39 is 29.0 Å². The number of pyridine rings is 1. The van der Waals surface area contributed by atoms with Crippen molar-refractivity contribution in [1.82, 2.24) is 15.0 Å². The predicted molar refractivity (Wildman–Crippen MR) is 124 cm³/mol. The van der Waals surface area contributed by atoms with Crippen LogP contribution in [0.1, 0.15) is 0 Å². The molecular formula is C23H17F3N6O3. The number of carbonyl (C=O) groups excluding carboxylic acids is 1. The first-order valence-corrected chi connectivity index (χ1v) is 10.0. The van der Waals surface area contributed by atoms with Crippen LogP contribution in [0.25, 0.3) is 11.2 Å². The molecule has 0 unspecified atom stereocenters. The van der Waals surface area contributed by atoms with Gasteiger partial charge in [-0.2, -0.15) is 13.2 Å². The quantitative estimate of drug-likeness (QED) is 0.194. The Hall–Kier alpha value is -4.87. The van der Waals surface area contributed by atoms with Gasteiger partial charge in [-0.15, -0.1) is 0 Å². The summed E-state index contributed by atoms with van der Waals surface area (Å²) in [5, 5.41) is 12.0. The SMILES string of the molecule is N=C/C(C(=O)Nc1cccc(Oc2ccnc3[nH]c(=O)[nH]c23)c1)=C(\Nc1ccccc1)C(F)(F)F. The minimum atomic E-state index is -4.93. The van der Waals surface area contributed by atoms with Crippen LogP contribution in [0.3, 0.4) is 0 Å². The fourth-order valence-corrected chi connectivity index (χ4v) is 3.17. The Bertz CT molecular complexity index is 1480. The van der Waals surface area contributed by atoms with Crippen LogP contribution in [0, 0.1) is 5.41 Å². The van der Waals surface area contributed by atoms with E-state index in [1.807, 2.05) is 0 Å². The van der Waals surface area contributed by atoms with Gasteiger partial charge in [0, 0.05) is 35.9 Å². The lowest BCUT2D eigenvalue weighted by Crippen LogP contribution is -2.27. The van der Waals surface area contributed by atoms with E-state index >= 15 is 0 Å². The second-order valence-electron chi connectivity index (χ2n) is 7.12. The van der Waals surface area contributed by atoms with Crippen LogP contribution in [0.5, 0.6) is 11.5 Å². The molecule has 0 saturated heterocycles. The highest BCUT2D eigenvalue weighted by atomic mass is 19.4. The number of allylic oxidation sites excluding steroid dienone is 1. The highest BCUT2D eigenvalue weighted by Crippen LogP contribution is 2.31. The number of alkyl halides is 3. The van der Waals surface area contributed by atoms with E-state index in [0.717, 1.165) is 0 Å². The van der Waals surface area contributed by atoms with Crippen molar-refractivity contribution in [3.05, 3.63) is 88.6 Å². The maximum atomic E-state index is 13.7. The molecule has 4 aromatic rings. The van der Waals surface area contributed by atoms with E-state index in [2.05, 4.69) is 25.6 Å². The van der Waals surface area contributed by atoms with E-state index in [-0.39, 0.29) is 28.5 Å². The summed E-state index contributed by atoms with van der Waals surface area (Å²) >= 11 is 0. The molecule has 0 saturated carbocycles. The summed E-state index contributed by atoms with van der Waals surface area (Å²) in [5.74, 6) is -0.645. The van der Waals surface area contributed by atoms with E-state index in [1.54, 1.807) is 12.1 Å². The number of aromatic nitrogens is 3. The Morgan fingerprint density at radius 1 is 1.00 bits per heavy atom. The van der Waals surface area contributed by atoms with Gasteiger partial charge in [0.15, 0.2) is 11.4 Å². The fraction of sp³-hybridized carbons (Fsp3) is 0.0435. The smallest absolute Gasteiger partial charge is 0.432 e.